The molecule has 1 aromatic rings. The van der Waals surface area contributed by atoms with Gasteiger partial charge in [-0.15, -0.1) is 0 Å². The third-order valence-corrected chi connectivity index (χ3v) is 3.50. The topological polar surface area (TPSA) is 75.8 Å². The van der Waals surface area contributed by atoms with Gasteiger partial charge in [-0.25, -0.2) is 9.79 Å². The quantitative estimate of drug-likeness (QED) is 0.630. The molecule has 0 aliphatic carbocycles. The minimum atomic E-state index is -0.502. The minimum Gasteiger partial charge on any atom is -0.461 e. The number of rotatable bonds is 4. The van der Waals surface area contributed by atoms with E-state index in [4.69, 9.17) is 9.47 Å². The standard InChI is InChI=1S/C15H18N4O3/c1-2-22-15(20)14-13(11-5-3-4-6-12(11)16-14)17-18-19-7-9-21-10-8-19/h3-6,13H,2,7-10H2,1H3. The molecule has 0 aromatic heterocycles. The number of carbonyl (C=O) groups excluding carboxylic acids is 1. The number of hydrogen-bond acceptors (Lipinski definition) is 6. The molecule has 7 heteroatoms. The van der Waals surface area contributed by atoms with E-state index in [0.29, 0.717) is 38.6 Å². The number of esters is 1. The van der Waals surface area contributed by atoms with Gasteiger partial charge < -0.3 is 9.47 Å². The van der Waals surface area contributed by atoms with Crippen LogP contribution < -0.4 is 0 Å². The average molecular weight is 302 g/mol. The molecule has 2 heterocycles. The molecule has 0 spiro atoms. The first-order valence-electron chi connectivity index (χ1n) is 7.37. The van der Waals surface area contributed by atoms with Crippen LogP contribution in [0.2, 0.25) is 0 Å². The van der Waals surface area contributed by atoms with Gasteiger partial charge in [-0.1, -0.05) is 23.4 Å². The van der Waals surface area contributed by atoms with E-state index in [2.05, 4.69) is 15.3 Å². The third kappa shape index (κ3) is 2.99. The summed E-state index contributed by atoms with van der Waals surface area (Å²) in [5.41, 5.74) is 1.92. The summed E-state index contributed by atoms with van der Waals surface area (Å²) in [5.74, 6) is -0.440. The maximum Gasteiger partial charge on any atom is 0.355 e. The zero-order valence-corrected chi connectivity index (χ0v) is 12.4. The normalized spacial score (nSPS) is 20.9. The Bertz CT molecular complexity index is 609. The van der Waals surface area contributed by atoms with Gasteiger partial charge in [0.15, 0.2) is 5.71 Å². The van der Waals surface area contributed by atoms with Crippen molar-refractivity contribution in [3.63, 3.8) is 0 Å². The summed E-state index contributed by atoms with van der Waals surface area (Å²) in [5, 5.41) is 10.4. The number of aliphatic imine (C=N–C) groups is 1. The van der Waals surface area contributed by atoms with Crippen molar-refractivity contribution in [2.45, 2.75) is 13.0 Å². The molecule has 2 aliphatic heterocycles. The number of carbonyl (C=O) groups is 1. The summed E-state index contributed by atoms with van der Waals surface area (Å²) in [7, 11) is 0. The summed E-state index contributed by atoms with van der Waals surface area (Å²) in [6.45, 7) is 4.75. The molecule has 0 saturated carbocycles. The SMILES string of the molecule is CCOC(=O)C1=Nc2ccccc2C1N=NN1CCOCC1. The molecule has 116 valence electrons. The maximum absolute atomic E-state index is 12.1. The Morgan fingerprint density at radius 1 is 1.41 bits per heavy atom. The first-order chi connectivity index (χ1) is 10.8. The van der Waals surface area contributed by atoms with Crippen molar-refractivity contribution in [1.29, 1.82) is 0 Å². The predicted molar refractivity (Wildman–Crippen MR) is 80.2 cm³/mol. The van der Waals surface area contributed by atoms with Crippen LogP contribution in [0, 0.1) is 0 Å². The monoisotopic (exact) mass is 302 g/mol. The fraction of sp³-hybridized carbons (Fsp3) is 0.467. The van der Waals surface area contributed by atoms with E-state index >= 15 is 0 Å². The van der Waals surface area contributed by atoms with Crippen LogP contribution in [-0.2, 0) is 14.3 Å². The number of nitrogens with zero attached hydrogens (tertiary/aromatic N) is 4. The second-order valence-corrected chi connectivity index (χ2v) is 4.95. The van der Waals surface area contributed by atoms with Crippen molar-refractivity contribution >= 4 is 17.4 Å². The molecule has 0 bridgehead atoms. The lowest BCUT2D eigenvalue weighted by atomic mass is 10.1. The molecular weight excluding hydrogens is 284 g/mol. The summed E-state index contributed by atoms with van der Waals surface area (Å²) < 4.78 is 10.4. The van der Waals surface area contributed by atoms with Gasteiger partial charge in [-0.3, -0.25) is 5.01 Å². The number of benzene rings is 1. The van der Waals surface area contributed by atoms with Crippen molar-refractivity contribution in [3.8, 4) is 0 Å². The molecule has 3 rings (SSSR count). The van der Waals surface area contributed by atoms with Crippen LogP contribution in [-0.4, -0.2) is 49.6 Å². The third-order valence-electron chi connectivity index (χ3n) is 3.50. The molecule has 2 aliphatic rings. The van der Waals surface area contributed by atoms with Crippen molar-refractivity contribution in [2.75, 3.05) is 32.9 Å². The van der Waals surface area contributed by atoms with Crippen LogP contribution in [0.5, 0.6) is 0 Å². The van der Waals surface area contributed by atoms with Gasteiger partial charge in [0, 0.05) is 5.56 Å². The highest BCUT2D eigenvalue weighted by atomic mass is 16.5. The van der Waals surface area contributed by atoms with E-state index < -0.39 is 12.0 Å². The number of morpholine rings is 1. The minimum absolute atomic E-state index is 0.292. The smallest absolute Gasteiger partial charge is 0.355 e. The van der Waals surface area contributed by atoms with E-state index in [9.17, 15) is 4.79 Å². The zero-order valence-electron chi connectivity index (χ0n) is 12.4. The van der Waals surface area contributed by atoms with Gasteiger partial charge in [-0.2, -0.15) is 5.11 Å². The van der Waals surface area contributed by atoms with E-state index in [1.165, 1.54) is 0 Å². The fourth-order valence-electron chi connectivity index (χ4n) is 2.41. The number of fused-ring (bicyclic) bond motifs is 1. The van der Waals surface area contributed by atoms with E-state index in [1.807, 2.05) is 29.3 Å². The Labute approximate surface area is 128 Å². The second kappa shape index (κ2) is 6.65. The van der Waals surface area contributed by atoms with E-state index in [1.54, 1.807) is 6.92 Å². The van der Waals surface area contributed by atoms with Crippen molar-refractivity contribution in [3.05, 3.63) is 29.8 Å². The largest absolute Gasteiger partial charge is 0.461 e. The van der Waals surface area contributed by atoms with Crippen molar-refractivity contribution < 1.29 is 14.3 Å². The molecule has 1 fully saturated rings. The number of para-hydroxylation sites is 1. The Hall–Kier alpha value is -2.28. The number of hydrogen-bond donors (Lipinski definition) is 0. The lowest BCUT2D eigenvalue weighted by molar-refractivity contribution is -0.135. The molecule has 1 atom stereocenters. The summed E-state index contributed by atoms with van der Waals surface area (Å²) in [6.07, 6.45) is 0. The molecule has 0 N–H and O–H groups in total. The highest BCUT2D eigenvalue weighted by Crippen LogP contribution is 2.36. The summed E-state index contributed by atoms with van der Waals surface area (Å²) in [6, 6.07) is 7.05. The highest BCUT2D eigenvalue weighted by Gasteiger charge is 2.33. The van der Waals surface area contributed by atoms with Gasteiger partial charge in [0.2, 0.25) is 0 Å². The Morgan fingerprint density at radius 3 is 2.95 bits per heavy atom. The second-order valence-electron chi connectivity index (χ2n) is 4.95. The molecular formula is C15H18N4O3. The summed E-state index contributed by atoms with van der Waals surface area (Å²) >= 11 is 0. The van der Waals surface area contributed by atoms with Gasteiger partial charge >= 0.3 is 5.97 Å². The lowest BCUT2D eigenvalue weighted by Gasteiger charge is -2.22. The number of ether oxygens (including phenoxy) is 2. The fourth-order valence-corrected chi connectivity index (χ4v) is 2.41. The van der Waals surface area contributed by atoms with Gasteiger partial charge in [0.1, 0.15) is 6.04 Å². The van der Waals surface area contributed by atoms with Crippen LogP contribution in [0.25, 0.3) is 0 Å². The Balaban J connectivity index is 1.83. The zero-order chi connectivity index (χ0) is 15.4. The van der Waals surface area contributed by atoms with Crippen LogP contribution in [0.3, 0.4) is 0 Å². The molecule has 7 nitrogen and oxygen atoms in total. The molecule has 1 saturated heterocycles. The lowest BCUT2D eigenvalue weighted by Crippen LogP contribution is -2.32. The Morgan fingerprint density at radius 2 is 2.18 bits per heavy atom. The van der Waals surface area contributed by atoms with Crippen molar-refractivity contribution in [2.24, 2.45) is 15.3 Å². The van der Waals surface area contributed by atoms with Crippen LogP contribution in [0.4, 0.5) is 5.69 Å². The van der Waals surface area contributed by atoms with Crippen LogP contribution in [0.1, 0.15) is 18.5 Å². The average Bonchev–Trinajstić information content (AvgIpc) is 2.93. The highest BCUT2D eigenvalue weighted by molar-refractivity contribution is 6.40. The molecule has 1 aromatic carbocycles. The molecule has 22 heavy (non-hydrogen) atoms. The van der Waals surface area contributed by atoms with Gasteiger partial charge in [0.25, 0.3) is 0 Å². The molecule has 1 unspecified atom stereocenters. The van der Waals surface area contributed by atoms with Crippen LogP contribution in [0.15, 0.2) is 39.6 Å². The Kier molecular flexibility index (Phi) is 4.43. The molecule has 0 amide bonds. The van der Waals surface area contributed by atoms with Gasteiger partial charge in [0.05, 0.1) is 38.6 Å². The first kappa shape index (κ1) is 14.6. The summed E-state index contributed by atoms with van der Waals surface area (Å²) in [4.78, 5) is 16.4. The van der Waals surface area contributed by atoms with Crippen LogP contribution >= 0.6 is 0 Å². The van der Waals surface area contributed by atoms with Crippen molar-refractivity contribution in [1.82, 2.24) is 5.01 Å². The predicted octanol–water partition coefficient (Wildman–Crippen LogP) is 2.08. The maximum atomic E-state index is 12.1. The van der Waals surface area contributed by atoms with Gasteiger partial charge in [-0.05, 0) is 13.0 Å². The van der Waals surface area contributed by atoms with E-state index in [0.717, 1.165) is 11.3 Å². The molecule has 0 radical (unpaired) electrons. The first-order valence-corrected chi connectivity index (χ1v) is 7.37. The van der Waals surface area contributed by atoms with E-state index in [-0.39, 0.29) is 0 Å².